The molecule has 2 rings (SSSR count). The highest BCUT2D eigenvalue weighted by atomic mass is 16.5. The maximum Gasteiger partial charge on any atom is 0.318 e. The minimum Gasteiger partial charge on any atom is -0.468 e. The number of carbonyl (C=O) groups excluding carboxylic acids is 4. The van der Waals surface area contributed by atoms with Gasteiger partial charge in [-0.05, 0) is 12.1 Å². The van der Waals surface area contributed by atoms with Gasteiger partial charge in [-0.3, -0.25) is 19.2 Å². The zero-order valence-electron chi connectivity index (χ0n) is 12.8. The summed E-state index contributed by atoms with van der Waals surface area (Å²) in [5, 5.41) is 2.53. The number of nitrogens with zero attached hydrogens (tertiary/aromatic N) is 1. The van der Waals surface area contributed by atoms with E-state index in [-0.39, 0.29) is 43.7 Å². The van der Waals surface area contributed by atoms with Crippen LogP contribution in [-0.2, 0) is 19.1 Å². The third-order valence-electron chi connectivity index (χ3n) is 3.69. The molecule has 23 heavy (non-hydrogen) atoms. The normalized spacial score (nSPS) is 17.5. The molecule has 0 radical (unpaired) electrons. The van der Waals surface area contributed by atoms with E-state index in [9.17, 15) is 19.2 Å². The van der Waals surface area contributed by atoms with Gasteiger partial charge in [0.25, 0.3) is 5.91 Å². The van der Waals surface area contributed by atoms with E-state index in [4.69, 9.17) is 0 Å². The van der Waals surface area contributed by atoms with Crippen LogP contribution in [0.5, 0.6) is 0 Å². The van der Waals surface area contributed by atoms with Crippen LogP contribution in [0.3, 0.4) is 0 Å². The average molecular weight is 318 g/mol. The van der Waals surface area contributed by atoms with Crippen molar-refractivity contribution >= 4 is 23.6 Å². The molecule has 122 valence electrons. The van der Waals surface area contributed by atoms with Gasteiger partial charge in [-0.15, -0.1) is 0 Å². The van der Waals surface area contributed by atoms with Crippen LogP contribution in [0.1, 0.15) is 16.8 Å². The molecule has 1 aromatic rings. The van der Waals surface area contributed by atoms with Crippen molar-refractivity contribution in [1.82, 2.24) is 10.2 Å². The van der Waals surface area contributed by atoms with E-state index in [1.807, 2.05) is 0 Å². The van der Waals surface area contributed by atoms with Gasteiger partial charge >= 0.3 is 5.97 Å². The van der Waals surface area contributed by atoms with Crippen molar-refractivity contribution in [3.63, 3.8) is 0 Å². The van der Waals surface area contributed by atoms with Crippen LogP contribution in [-0.4, -0.2) is 55.2 Å². The molecule has 0 aliphatic carbocycles. The molecule has 1 aliphatic rings. The van der Waals surface area contributed by atoms with Gasteiger partial charge in [-0.25, -0.2) is 0 Å². The molecule has 1 aromatic carbocycles. The van der Waals surface area contributed by atoms with Crippen molar-refractivity contribution in [3.05, 3.63) is 35.9 Å². The summed E-state index contributed by atoms with van der Waals surface area (Å²) in [5.41, 5.74) is 0.460. The molecule has 7 nitrogen and oxygen atoms in total. The number of ketones is 1. The summed E-state index contributed by atoms with van der Waals surface area (Å²) in [6.45, 7) is 0.0493. The lowest BCUT2D eigenvalue weighted by molar-refractivity contribution is -0.153. The number of amides is 2. The van der Waals surface area contributed by atoms with E-state index < -0.39 is 11.9 Å². The molecule has 0 bridgehead atoms. The Morgan fingerprint density at radius 2 is 1.96 bits per heavy atom. The smallest absolute Gasteiger partial charge is 0.318 e. The second-order valence-electron chi connectivity index (χ2n) is 5.18. The number of hydrogen-bond donors (Lipinski definition) is 1. The van der Waals surface area contributed by atoms with Crippen molar-refractivity contribution in [3.8, 4) is 0 Å². The Kier molecular flexibility index (Phi) is 5.46. The number of likely N-dealkylation sites (tertiary alicyclic amines) is 1. The van der Waals surface area contributed by atoms with Crippen LogP contribution in [0.25, 0.3) is 0 Å². The van der Waals surface area contributed by atoms with Gasteiger partial charge in [-0.2, -0.15) is 0 Å². The number of rotatable bonds is 4. The third-order valence-corrected chi connectivity index (χ3v) is 3.69. The maximum atomic E-state index is 12.1. The molecule has 1 unspecified atom stereocenters. The Balaban J connectivity index is 1.89. The second kappa shape index (κ2) is 7.53. The lowest BCUT2D eigenvalue weighted by atomic mass is 9.96. The molecule has 0 spiro atoms. The number of methoxy groups -OCH3 is 1. The predicted octanol–water partition coefficient (Wildman–Crippen LogP) is 0.00700. The van der Waals surface area contributed by atoms with E-state index in [0.29, 0.717) is 5.56 Å². The van der Waals surface area contributed by atoms with Crippen LogP contribution in [0, 0.1) is 5.92 Å². The first-order chi connectivity index (χ1) is 11.0. The number of benzene rings is 1. The Morgan fingerprint density at radius 3 is 2.61 bits per heavy atom. The number of ether oxygens (including phenoxy) is 1. The molecule has 2 amide bonds. The molecular formula is C16H18N2O5. The summed E-state index contributed by atoms with van der Waals surface area (Å²) in [7, 11) is 1.20. The van der Waals surface area contributed by atoms with Crippen LogP contribution < -0.4 is 5.32 Å². The number of carbonyl (C=O) groups is 4. The first-order valence-corrected chi connectivity index (χ1v) is 7.24. The molecule has 1 saturated heterocycles. The van der Waals surface area contributed by atoms with Crippen LogP contribution in [0.15, 0.2) is 30.3 Å². The Hall–Kier alpha value is -2.70. The van der Waals surface area contributed by atoms with Gasteiger partial charge in [-0.1, -0.05) is 18.2 Å². The highest BCUT2D eigenvalue weighted by molar-refractivity contribution is 6.01. The lowest BCUT2D eigenvalue weighted by Crippen LogP contribution is -2.50. The summed E-state index contributed by atoms with van der Waals surface area (Å²) in [5.74, 6) is -2.50. The highest BCUT2D eigenvalue weighted by Gasteiger charge is 2.35. The van der Waals surface area contributed by atoms with E-state index >= 15 is 0 Å². The molecule has 1 N–H and O–H groups in total. The van der Waals surface area contributed by atoms with Gasteiger partial charge in [0, 0.05) is 25.1 Å². The molecule has 0 aromatic heterocycles. The number of piperidine rings is 1. The van der Waals surface area contributed by atoms with E-state index in [0.717, 1.165) is 0 Å². The van der Waals surface area contributed by atoms with Crippen LogP contribution >= 0.6 is 0 Å². The second-order valence-corrected chi connectivity index (χ2v) is 5.18. The van der Waals surface area contributed by atoms with Crippen molar-refractivity contribution in [1.29, 1.82) is 0 Å². The fourth-order valence-electron chi connectivity index (χ4n) is 2.37. The molecular weight excluding hydrogens is 300 g/mol. The largest absolute Gasteiger partial charge is 0.468 e. The van der Waals surface area contributed by atoms with Crippen LogP contribution in [0.4, 0.5) is 0 Å². The number of hydrogen-bond acceptors (Lipinski definition) is 5. The maximum absolute atomic E-state index is 12.1. The van der Waals surface area contributed by atoms with E-state index in [1.165, 1.54) is 12.0 Å². The molecule has 1 heterocycles. The zero-order chi connectivity index (χ0) is 16.8. The van der Waals surface area contributed by atoms with Gasteiger partial charge in [0.05, 0.1) is 13.7 Å². The summed E-state index contributed by atoms with van der Waals surface area (Å²) in [6.07, 6.45) is 0.109. The van der Waals surface area contributed by atoms with Gasteiger partial charge in [0.1, 0.15) is 5.92 Å². The SMILES string of the molecule is COC(=O)C1CN(C(=O)CNC(=O)c2ccccc2)CCC1=O. The summed E-state index contributed by atoms with van der Waals surface area (Å²) in [4.78, 5) is 48.7. The van der Waals surface area contributed by atoms with Crippen LogP contribution in [0.2, 0.25) is 0 Å². The fourth-order valence-corrected chi connectivity index (χ4v) is 2.37. The molecule has 1 atom stereocenters. The van der Waals surface area contributed by atoms with E-state index in [1.54, 1.807) is 30.3 Å². The van der Waals surface area contributed by atoms with Crippen molar-refractivity contribution in [2.75, 3.05) is 26.7 Å². The topological polar surface area (TPSA) is 92.8 Å². The molecule has 1 aliphatic heterocycles. The highest BCUT2D eigenvalue weighted by Crippen LogP contribution is 2.14. The van der Waals surface area contributed by atoms with Crippen molar-refractivity contribution in [2.24, 2.45) is 5.92 Å². The van der Waals surface area contributed by atoms with Gasteiger partial charge < -0.3 is 15.0 Å². The number of Topliss-reactive ketones (excluding diaryl/α,β-unsaturated/α-hetero) is 1. The quantitative estimate of drug-likeness (QED) is 0.623. The Morgan fingerprint density at radius 1 is 1.26 bits per heavy atom. The monoisotopic (exact) mass is 318 g/mol. The average Bonchev–Trinajstić information content (AvgIpc) is 2.59. The summed E-state index contributed by atoms with van der Waals surface area (Å²) < 4.78 is 4.58. The first kappa shape index (κ1) is 16.7. The standard InChI is InChI=1S/C16H18N2O5/c1-23-16(22)12-10-18(8-7-13(12)19)14(20)9-17-15(21)11-5-3-2-4-6-11/h2-6,12H,7-10H2,1H3,(H,17,21). The van der Waals surface area contributed by atoms with Crippen molar-refractivity contribution in [2.45, 2.75) is 6.42 Å². The Labute approximate surface area is 133 Å². The molecule has 1 fully saturated rings. The summed E-state index contributed by atoms with van der Waals surface area (Å²) in [6, 6.07) is 8.54. The first-order valence-electron chi connectivity index (χ1n) is 7.24. The predicted molar refractivity (Wildman–Crippen MR) is 80.5 cm³/mol. The third kappa shape index (κ3) is 4.15. The lowest BCUT2D eigenvalue weighted by Gasteiger charge is -2.30. The van der Waals surface area contributed by atoms with Gasteiger partial charge in [0.2, 0.25) is 5.91 Å². The Bertz CT molecular complexity index is 606. The molecule has 7 heteroatoms. The minimum absolute atomic E-state index is 0.00839. The number of nitrogens with one attached hydrogen (secondary N) is 1. The molecule has 0 saturated carbocycles. The minimum atomic E-state index is -0.942. The van der Waals surface area contributed by atoms with E-state index in [2.05, 4.69) is 10.1 Å². The number of esters is 1. The summed E-state index contributed by atoms with van der Waals surface area (Å²) >= 11 is 0. The zero-order valence-corrected chi connectivity index (χ0v) is 12.8. The van der Waals surface area contributed by atoms with Gasteiger partial charge in [0.15, 0.2) is 5.78 Å². The van der Waals surface area contributed by atoms with Crippen molar-refractivity contribution < 1.29 is 23.9 Å². The fraction of sp³-hybridized carbons (Fsp3) is 0.375.